The molecule has 9 heteroatoms. The van der Waals surface area contributed by atoms with Gasteiger partial charge in [0.1, 0.15) is 0 Å². The fourth-order valence-electron chi connectivity index (χ4n) is 3.07. The number of hydrogen-bond donors (Lipinski definition) is 0. The zero-order valence-electron chi connectivity index (χ0n) is 17.8. The molecule has 0 spiro atoms. The molecule has 0 aliphatic rings. The molecule has 2 nitrogen and oxygen atoms in total. The van der Waals surface area contributed by atoms with E-state index in [-0.39, 0.29) is 0 Å². The zero-order valence-corrected chi connectivity index (χ0v) is 17.8. The zero-order chi connectivity index (χ0) is 23.1. The molecule has 0 amide bonds. The number of esters is 1. The van der Waals surface area contributed by atoms with E-state index in [1.807, 2.05) is 0 Å². The van der Waals surface area contributed by atoms with Crippen molar-refractivity contribution in [2.75, 3.05) is 0 Å². The summed E-state index contributed by atoms with van der Waals surface area (Å²) in [7, 11) is 0. The maximum atomic E-state index is 14.3. The Labute approximate surface area is 162 Å². The van der Waals surface area contributed by atoms with Crippen molar-refractivity contribution in [3.63, 3.8) is 0 Å². The molecule has 0 fully saturated rings. The molecule has 0 aliphatic heterocycles. The smallest absolute Gasteiger partial charge is 0.455 e. The van der Waals surface area contributed by atoms with Crippen molar-refractivity contribution in [2.45, 2.75) is 92.9 Å². The third kappa shape index (κ3) is 4.75. The minimum atomic E-state index is -6.49. The fraction of sp³-hybridized carbons (Fsp3) is 0.947. The van der Waals surface area contributed by atoms with Crippen LogP contribution in [-0.2, 0) is 9.53 Å². The first-order valence-corrected chi connectivity index (χ1v) is 8.98. The second-order valence-electron chi connectivity index (χ2n) is 9.84. The number of rotatable bonds is 6. The molecule has 0 saturated heterocycles. The molecule has 0 radical (unpaired) electrons. The summed E-state index contributed by atoms with van der Waals surface area (Å²) in [6, 6.07) is 0. The number of carbonyl (C=O) groups is 1. The Kier molecular flexibility index (Phi) is 7.39. The summed E-state index contributed by atoms with van der Waals surface area (Å²) >= 11 is 0. The Hall–Kier alpha value is -1.02. The van der Waals surface area contributed by atoms with Crippen molar-refractivity contribution in [2.24, 2.45) is 22.2 Å². The van der Waals surface area contributed by atoms with Gasteiger partial charge in [-0.3, -0.25) is 4.79 Å². The van der Waals surface area contributed by atoms with Gasteiger partial charge in [-0.15, -0.1) is 0 Å². The Morgan fingerprint density at radius 1 is 0.786 bits per heavy atom. The van der Waals surface area contributed by atoms with Crippen LogP contribution in [-0.4, -0.2) is 30.1 Å². The van der Waals surface area contributed by atoms with Crippen molar-refractivity contribution in [3.8, 4) is 0 Å². The molecule has 0 rings (SSSR count). The predicted octanol–water partition coefficient (Wildman–Crippen LogP) is 6.88. The summed E-state index contributed by atoms with van der Waals surface area (Å²) in [6.45, 7) is 14.0. The number of hydrogen-bond acceptors (Lipinski definition) is 2. The number of halogens is 7. The van der Waals surface area contributed by atoms with Crippen LogP contribution in [0.1, 0.15) is 68.7 Å². The minimum absolute atomic E-state index is 0.719. The lowest BCUT2D eigenvalue weighted by Gasteiger charge is -2.49. The molecule has 28 heavy (non-hydrogen) atoms. The fourth-order valence-corrected chi connectivity index (χ4v) is 3.07. The maximum Gasteiger partial charge on any atom is 0.460 e. The van der Waals surface area contributed by atoms with Gasteiger partial charge in [0, 0.05) is 0 Å². The molecule has 0 saturated carbocycles. The van der Waals surface area contributed by atoms with Gasteiger partial charge in [0.05, 0.1) is 5.41 Å². The monoisotopic (exact) mass is 424 g/mol. The van der Waals surface area contributed by atoms with Crippen LogP contribution in [0.5, 0.6) is 0 Å². The van der Waals surface area contributed by atoms with Crippen LogP contribution in [0.15, 0.2) is 0 Å². The Balaban J connectivity index is 6.27. The lowest BCUT2D eigenvalue weighted by Crippen LogP contribution is -2.60. The van der Waals surface area contributed by atoms with E-state index < -0.39 is 58.7 Å². The average molecular weight is 424 g/mol. The largest absolute Gasteiger partial charge is 0.460 e. The first-order chi connectivity index (χ1) is 11.9. The van der Waals surface area contributed by atoms with Gasteiger partial charge in [-0.1, -0.05) is 55.4 Å². The Morgan fingerprint density at radius 2 is 1.14 bits per heavy atom. The Bertz CT molecular complexity index is 538. The Morgan fingerprint density at radius 3 is 1.39 bits per heavy atom. The highest BCUT2D eigenvalue weighted by Gasteiger charge is 2.76. The maximum absolute atomic E-state index is 14.3. The lowest BCUT2D eigenvalue weighted by molar-refractivity contribution is -0.372. The van der Waals surface area contributed by atoms with Gasteiger partial charge in [-0.2, -0.15) is 30.7 Å². The SMILES string of the molecule is CC(C)CC(OC(=O)C(C)(C(C)(C)C)C(C)(C)C)C(F)(F)C(F)(F)C(F)(F)F. The standard InChI is InChI=1S/C19H31F7O2/c1-11(2)10-12(17(20,21)18(22,23)19(24,25)26)28-13(27)16(9,14(3,4)5)15(6,7)8/h11-12H,10H2,1-9H3. The highest BCUT2D eigenvalue weighted by Crippen LogP contribution is 2.54. The number of carbonyl (C=O) groups excluding carboxylic acids is 1. The van der Waals surface area contributed by atoms with Gasteiger partial charge in [0.2, 0.25) is 0 Å². The van der Waals surface area contributed by atoms with Crippen LogP contribution < -0.4 is 0 Å². The van der Waals surface area contributed by atoms with Crippen LogP contribution in [0.3, 0.4) is 0 Å². The molecule has 0 aromatic carbocycles. The van der Waals surface area contributed by atoms with Crippen LogP contribution in [0.4, 0.5) is 30.7 Å². The van der Waals surface area contributed by atoms with E-state index in [4.69, 9.17) is 4.74 Å². The minimum Gasteiger partial charge on any atom is -0.455 e. The molecule has 0 aliphatic carbocycles. The van der Waals surface area contributed by atoms with Gasteiger partial charge in [-0.05, 0) is 30.1 Å². The van der Waals surface area contributed by atoms with Crippen molar-refractivity contribution in [1.82, 2.24) is 0 Å². The molecule has 1 unspecified atom stereocenters. The van der Waals surface area contributed by atoms with Gasteiger partial charge in [0.15, 0.2) is 6.10 Å². The van der Waals surface area contributed by atoms with Gasteiger partial charge >= 0.3 is 24.0 Å². The van der Waals surface area contributed by atoms with Gasteiger partial charge in [-0.25, -0.2) is 0 Å². The second kappa shape index (κ2) is 7.67. The molecule has 0 aromatic heterocycles. The van der Waals surface area contributed by atoms with E-state index in [1.165, 1.54) is 20.8 Å². The van der Waals surface area contributed by atoms with E-state index in [1.54, 1.807) is 41.5 Å². The summed E-state index contributed by atoms with van der Waals surface area (Å²) in [5, 5.41) is 0. The quantitative estimate of drug-likeness (QED) is 0.343. The molecular formula is C19H31F7O2. The average Bonchev–Trinajstić information content (AvgIpc) is 2.40. The van der Waals surface area contributed by atoms with Crippen molar-refractivity contribution in [1.29, 1.82) is 0 Å². The third-order valence-electron chi connectivity index (χ3n) is 5.52. The van der Waals surface area contributed by atoms with E-state index in [9.17, 15) is 35.5 Å². The van der Waals surface area contributed by atoms with Crippen LogP contribution >= 0.6 is 0 Å². The third-order valence-corrected chi connectivity index (χ3v) is 5.52. The second-order valence-corrected chi connectivity index (χ2v) is 9.84. The van der Waals surface area contributed by atoms with Crippen LogP contribution in [0.25, 0.3) is 0 Å². The molecule has 0 bridgehead atoms. The van der Waals surface area contributed by atoms with Crippen LogP contribution in [0.2, 0.25) is 0 Å². The van der Waals surface area contributed by atoms with E-state index >= 15 is 0 Å². The number of alkyl halides is 7. The molecule has 0 aromatic rings. The topological polar surface area (TPSA) is 26.3 Å². The lowest BCUT2D eigenvalue weighted by atomic mass is 9.55. The summed E-state index contributed by atoms with van der Waals surface area (Å²) in [4.78, 5) is 12.9. The molecule has 168 valence electrons. The van der Waals surface area contributed by atoms with E-state index in [0.29, 0.717) is 0 Å². The summed E-state index contributed by atoms with van der Waals surface area (Å²) in [5.74, 6) is -13.9. The molecule has 0 N–H and O–H groups in total. The first-order valence-electron chi connectivity index (χ1n) is 8.98. The molecular weight excluding hydrogens is 393 g/mol. The first kappa shape index (κ1) is 27.0. The molecule has 0 heterocycles. The summed E-state index contributed by atoms with van der Waals surface area (Å²) < 4.78 is 98.3. The highest BCUT2D eigenvalue weighted by molar-refractivity contribution is 5.78. The normalized spacial score (nSPS) is 16.3. The summed E-state index contributed by atoms with van der Waals surface area (Å²) in [5.41, 5.74) is -3.15. The van der Waals surface area contributed by atoms with E-state index in [2.05, 4.69) is 0 Å². The molecule has 1 atom stereocenters. The predicted molar refractivity (Wildman–Crippen MR) is 92.3 cm³/mol. The van der Waals surface area contributed by atoms with Crippen molar-refractivity contribution < 1.29 is 40.3 Å². The number of ether oxygens (including phenoxy) is 1. The summed E-state index contributed by atoms with van der Waals surface area (Å²) in [6.07, 6.45) is -10.3. The van der Waals surface area contributed by atoms with Crippen molar-refractivity contribution in [3.05, 3.63) is 0 Å². The van der Waals surface area contributed by atoms with Gasteiger partial charge in [0.25, 0.3) is 0 Å². The van der Waals surface area contributed by atoms with E-state index in [0.717, 1.165) is 0 Å². The van der Waals surface area contributed by atoms with Gasteiger partial charge < -0.3 is 4.74 Å². The van der Waals surface area contributed by atoms with Crippen LogP contribution in [0, 0.1) is 22.2 Å². The van der Waals surface area contributed by atoms with Crippen molar-refractivity contribution >= 4 is 5.97 Å². The highest BCUT2D eigenvalue weighted by atomic mass is 19.4.